The van der Waals surface area contributed by atoms with E-state index in [9.17, 15) is 4.79 Å². The predicted molar refractivity (Wildman–Crippen MR) is 96.8 cm³/mol. The molecule has 1 atom stereocenters. The van der Waals surface area contributed by atoms with Crippen LogP contribution in [0.3, 0.4) is 0 Å². The summed E-state index contributed by atoms with van der Waals surface area (Å²) >= 11 is 0. The van der Waals surface area contributed by atoms with Gasteiger partial charge in [0.05, 0.1) is 19.3 Å². The molecule has 1 amide bonds. The van der Waals surface area contributed by atoms with E-state index in [0.717, 1.165) is 38.3 Å². The van der Waals surface area contributed by atoms with E-state index in [1.807, 2.05) is 6.92 Å². The number of carbonyl (C=O) groups is 1. The highest BCUT2D eigenvalue weighted by molar-refractivity contribution is 5.81. The Balaban J connectivity index is 1.79. The van der Waals surface area contributed by atoms with Gasteiger partial charge in [0.1, 0.15) is 0 Å². The zero-order chi connectivity index (χ0) is 17.4. The summed E-state index contributed by atoms with van der Waals surface area (Å²) in [6, 6.07) is 8.43. The first kappa shape index (κ1) is 18.9. The molecule has 1 fully saturated rings. The van der Waals surface area contributed by atoms with E-state index in [4.69, 9.17) is 4.74 Å². The van der Waals surface area contributed by atoms with Crippen LogP contribution in [0.4, 0.5) is 0 Å². The average Bonchev–Trinajstić information content (AvgIpc) is 2.65. The van der Waals surface area contributed by atoms with Crippen molar-refractivity contribution in [3.8, 4) is 0 Å². The van der Waals surface area contributed by atoms with Crippen molar-refractivity contribution in [3.05, 3.63) is 35.4 Å². The van der Waals surface area contributed by atoms with E-state index in [-0.39, 0.29) is 11.9 Å². The van der Waals surface area contributed by atoms with Crippen LogP contribution in [0.2, 0.25) is 0 Å². The van der Waals surface area contributed by atoms with Gasteiger partial charge in [-0.15, -0.1) is 0 Å². The van der Waals surface area contributed by atoms with Crippen molar-refractivity contribution in [1.82, 2.24) is 15.1 Å². The Hall–Kier alpha value is -1.43. The van der Waals surface area contributed by atoms with E-state index in [0.29, 0.717) is 19.8 Å². The first-order valence-corrected chi connectivity index (χ1v) is 9.03. The van der Waals surface area contributed by atoms with Crippen LogP contribution >= 0.6 is 0 Å². The van der Waals surface area contributed by atoms with Crippen LogP contribution in [0, 0.1) is 0 Å². The number of morpholine rings is 1. The summed E-state index contributed by atoms with van der Waals surface area (Å²) in [4.78, 5) is 16.9. The van der Waals surface area contributed by atoms with Gasteiger partial charge in [0.15, 0.2) is 0 Å². The molecule has 134 valence electrons. The maximum Gasteiger partial charge on any atom is 0.237 e. The largest absolute Gasteiger partial charge is 0.379 e. The van der Waals surface area contributed by atoms with Crippen molar-refractivity contribution in [1.29, 1.82) is 0 Å². The fraction of sp³-hybridized carbons (Fsp3) is 0.632. The summed E-state index contributed by atoms with van der Waals surface area (Å²) in [6.45, 7) is 13.1. The van der Waals surface area contributed by atoms with Crippen molar-refractivity contribution >= 4 is 5.91 Å². The Morgan fingerprint density at radius 3 is 2.33 bits per heavy atom. The second-order valence-electron chi connectivity index (χ2n) is 6.32. The predicted octanol–water partition coefficient (Wildman–Crippen LogP) is 1.87. The molecular weight excluding hydrogens is 302 g/mol. The fourth-order valence-electron chi connectivity index (χ4n) is 2.94. The third kappa shape index (κ3) is 5.58. The highest BCUT2D eigenvalue weighted by Crippen LogP contribution is 2.08. The molecule has 5 heteroatoms. The molecule has 1 N–H and O–H groups in total. The molecule has 0 aliphatic carbocycles. The third-order valence-corrected chi connectivity index (χ3v) is 4.76. The molecular formula is C19H31N3O2. The highest BCUT2D eigenvalue weighted by atomic mass is 16.5. The lowest BCUT2D eigenvalue weighted by Gasteiger charge is -2.31. The number of rotatable bonds is 8. The molecule has 0 bridgehead atoms. The van der Waals surface area contributed by atoms with Gasteiger partial charge in [0, 0.05) is 26.2 Å². The second-order valence-corrected chi connectivity index (χ2v) is 6.32. The van der Waals surface area contributed by atoms with Gasteiger partial charge in [0.2, 0.25) is 5.91 Å². The summed E-state index contributed by atoms with van der Waals surface area (Å²) in [7, 11) is 0. The van der Waals surface area contributed by atoms with Gasteiger partial charge in [-0.1, -0.05) is 38.1 Å². The molecule has 1 aliphatic heterocycles. The number of nitrogens with zero attached hydrogens (tertiary/aromatic N) is 2. The maximum absolute atomic E-state index is 12.3. The van der Waals surface area contributed by atoms with Gasteiger partial charge in [-0.2, -0.15) is 0 Å². The Kier molecular flexibility index (Phi) is 7.69. The zero-order valence-electron chi connectivity index (χ0n) is 15.3. The van der Waals surface area contributed by atoms with Gasteiger partial charge in [-0.05, 0) is 31.1 Å². The molecule has 1 aromatic carbocycles. The monoisotopic (exact) mass is 333 g/mol. The lowest BCUT2D eigenvalue weighted by atomic mass is 10.1. The lowest BCUT2D eigenvalue weighted by molar-refractivity contribution is -0.127. The second kappa shape index (κ2) is 9.77. The van der Waals surface area contributed by atoms with E-state index in [1.54, 1.807) is 0 Å². The van der Waals surface area contributed by atoms with E-state index in [1.165, 1.54) is 5.56 Å². The minimum absolute atomic E-state index is 0.0871. The van der Waals surface area contributed by atoms with Gasteiger partial charge in [-0.3, -0.25) is 14.6 Å². The number of hydrogen-bond donors (Lipinski definition) is 1. The average molecular weight is 333 g/mol. The molecule has 5 nitrogen and oxygen atoms in total. The number of carbonyl (C=O) groups excluding carboxylic acids is 1. The highest BCUT2D eigenvalue weighted by Gasteiger charge is 2.22. The van der Waals surface area contributed by atoms with Crippen LogP contribution in [0.25, 0.3) is 0 Å². The fourth-order valence-corrected chi connectivity index (χ4v) is 2.94. The van der Waals surface area contributed by atoms with Crippen LogP contribution in [0.5, 0.6) is 0 Å². The molecule has 0 radical (unpaired) electrons. The smallest absolute Gasteiger partial charge is 0.237 e. The number of ether oxygens (including phenoxy) is 1. The van der Waals surface area contributed by atoms with Crippen LogP contribution in [0.15, 0.2) is 24.3 Å². The SMILES string of the molecule is CCN(CC)Cc1ccc(CNC(=O)[C@H](C)N2CCOCC2)cc1. The Labute approximate surface area is 146 Å². The molecule has 0 saturated carbocycles. The molecule has 1 aromatic rings. The lowest BCUT2D eigenvalue weighted by Crippen LogP contribution is -2.49. The summed E-state index contributed by atoms with van der Waals surface area (Å²) in [5.41, 5.74) is 2.45. The van der Waals surface area contributed by atoms with Crippen molar-refractivity contribution < 1.29 is 9.53 Å². The molecule has 0 unspecified atom stereocenters. The maximum atomic E-state index is 12.3. The van der Waals surface area contributed by atoms with E-state index >= 15 is 0 Å². The molecule has 0 aromatic heterocycles. The molecule has 1 saturated heterocycles. The summed E-state index contributed by atoms with van der Waals surface area (Å²) < 4.78 is 5.34. The number of amides is 1. The van der Waals surface area contributed by atoms with Gasteiger partial charge in [-0.25, -0.2) is 0 Å². The Morgan fingerprint density at radius 1 is 1.17 bits per heavy atom. The van der Waals surface area contributed by atoms with Crippen molar-refractivity contribution in [3.63, 3.8) is 0 Å². The van der Waals surface area contributed by atoms with Crippen molar-refractivity contribution in [2.45, 2.75) is 39.9 Å². The van der Waals surface area contributed by atoms with Crippen molar-refractivity contribution in [2.75, 3.05) is 39.4 Å². The van der Waals surface area contributed by atoms with E-state index in [2.05, 4.69) is 53.2 Å². The number of benzene rings is 1. The quantitative estimate of drug-likeness (QED) is 0.789. The van der Waals surface area contributed by atoms with E-state index < -0.39 is 0 Å². The van der Waals surface area contributed by atoms with Crippen molar-refractivity contribution in [2.24, 2.45) is 0 Å². The molecule has 1 heterocycles. The topological polar surface area (TPSA) is 44.8 Å². The standard InChI is InChI=1S/C19H31N3O2/c1-4-21(5-2)15-18-8-6-17(7-9-18)14-20-19(23)16(3)22-10-12-24-13-11-22/h6-9,16H,4-5,10-15H2,1-3H3,(H,20,23)/t16-/m0/s1. The summed E-state index contributed by atoms with van der Waals surface area (Å²) in [5, 5.41) is 3.05. The molecule has 1 aliphatic rings. The van der Waals surface area contributed by atoms with Crippen LogP contribution in [0.1, 0.15) is 31.9 Å². The first-order chi connectivity index (χ1) is 11.6. The molecule has 2 rings (SSSR count). The van der Waals surface area contributed by atoms with Gasteiger partial charge >= 0.3 is 0 Å². The van der Waals surface area contributed by atoms with Gasteiger partial charge < -0.3 is 10.1 Å². The van der Waals surface area contributed by atoms with Crippen LogP contribution in [-0.2, 0) is 22.6 Å². The minimum atomic E-state index is -0.101. The normalized spacial score (nSPS) is 17.0. The summed E-state index contributed by atoms with van der Waals surface area (Å²) in [5.74, 6) is 0.0871. The van der Waals surface area contributed by atoms with Gasteiger partial charge in [0.25, 0.3) is 0 Å². The Morgan fingerprint density at radius 2 is 1.75 bits per heavy atom. The minimum Gasteiger partial charge on any atom is -0.379 e. The molecule has 0 spiro atoms. The van der Waals surface area contributed by atoms with Crippen LogP contribution in [-0.4, -0.2) is 61.1 Å². The first-order valence-electron chi connectivity index (χ1n) is 9.03. The zero-order valence-corrected chi connectivity index (χ0v) is 15.3. The number of nitrogens with one attached hydrogen (secondary N) is 1. The molecule has 24 heavy (non-hydrogen) atoms. The summed E-state index contributed by atoms with van der Waals surface area (Å²) in [6.07, 6.45) is 0. The Bertz CT molecular complexity index is 494. The van der Waals surface area contributed by atoms with Crippen LogP contribution < -0.4 is 5.32 Å². The number of hydrogen-bond acceptors (Lipinski definition) is 4. The third-order valence-electron chi connectivity index (χ3n) is 4.76.